The third kappa shape index (κ3) is 5.36. The van der Waals surface area contributed by atoms with Crippen LogP contribution in [0.2, 0.25) is 0 Å². The molecule has 11 heteroatoms. The molecule has 0 amide bonds. The van der Waals surface area contributed by atoms with Gasteiger partial charge in [0.1, 0.15) is 11.8 Å². The van der Waals surface area contributed by atoms with Gasteiger partial charge in [0.05, 0.1) is 23.5 Å². The van der Waals surface area contributed by atoms with Crippen molar-refractivity contribution >= 4 is 50.8 Å². The predicted octanol–water partition coefficient (Wildman–Crippen LogP) is 3.73. The van der Waals surface area contributed by atoms with E-state index in [1.165, 1.54) is 16.1 Å². The number of anilines is 2. The molecule has 4 aromatic heterocycles. The van der Waals surface area contributed by atoms with Crippen LogP contribution in [0.3, 0.4) is 0 Å². The first-order valence-electron chi connectivity index (χ1n) is 9.93. The first-order chi connectivity index (χ1) is 15.1. The summed E-state index contributed by atoms with van der Waals surface area (Å²) in [5.74, 6) is 0.164. The van der Waals surface area contributed by atoms with Gasteiger partial charge in [-0.05, 0) is 31.9 Å². The van der Waals surface area contributed by atoms with Gasteiger partial charge in [0.15, 0.2) is 16.6 Å². The van der Waals surface area contributed by atoms with Crippen LogP contribution in [-0.2, 0) is 16.1 Å². The summed E-state index contributed by atoms with van der Waals surface area (Å²) in [4.78, 5) is 31.3. The fourth-order valence-corrected chi connectivity index (χ4v) is 4.67. The van der Waals surface area contributed by atoms with Gasteiger partial charge >= 0.3 is 5.97 Å². The Kier molecular flexibility index (Phi) is 6.73. The van der Waals surface area contributed by atoms with Crippen molar-refractivity contribution < 1.29 is 9.53 Å². The Morgan fingerprint density at radius 1 is 1.26 bits per heavy atom. The Morgan fingerprint density at radius 2 is 2.16 bits per heavy atom. The molecule has 0 aliphatic rings. The second-order valence-corrected chi connectivity index (χ2v) is 9.07. The zero-order valence-electron chi connectivity index (χ0n) is 17.1. The summed E-state index contributed by atoms with van der Waals surface area (Å²) in [6, 6.07) is 4.19. The molecule has 0 saturated heterocycles. The summed E-state index contributed by atoms with van der Waals surface area (Å²) in [5.41, 5.74) is 8.05. The third-order valence-corrected chi connectivity index (χ3v) is 6.39. The number of rotatable bonds is 10. The molecule has 0 fully saturated rings. The average Bonchev–Trinajstić information content (AvgIpc) is 3.49. The number of fused-ring (bicyclic) bond motifs is 1. The number of nitrogens with two attached hydrogens (primary N) is 1. The highest BCUT2D eigenvalue weighted by Gasteiger charge is 2.09. The van der Waals surface area contributed by atoms with E-state index in [9.17, 15) is 4.79 Å². The highest BCUT2D eigenvalue weighted by atomic mass is 32.1. The lowest BCUT2D eigenvalue weighted by Crippen LogP contribution is -2.10. The summed E-state index contributed by atoms with van der Waals surface area (Å²) in [6.45, 7) is 3.75. The van der Waals surface area contributed by atoms with E-state index in [1.807, 2.05) is 9.95 Å². The largest absolute Gasteiger partial charge is 0.466 e. The van der Waals surface area contributed by atoms with Crippen LogP contribution in [0.5, 0.6) is 0 Å². The van der Waals surface area contributed by atoms with Crippen molar-refractivity contribution in [3.8, 4) is 10.6 Å². The van der Waals surface area contributed by atoms with Crippen molar-refractivity contribution in [2.45, 2.75) is 32.7 Å². The standard InChI is InChI=1S/C20H23N7O2S2/c1-13-5-6-15(31-13)14-10-30-20(26-14)22-7-2-4-16(28)29-9-3-8-27-12-25-17-18(21)23-11-24-19(17)27/h5-6,10-12H,2-4,7-9H2,1H3,(H,22,26)(H2,21,23,24). The summed E-state index contributed by atoms with van der Waals surface area (Å²) < 4.78 is 7.20. The number of esters is 1. The maximum atomic E-state index is 11.9. The van der Waals surface area contributed by atoms with Crippen LogP contribution in [0.1, 0.15) is 24.1 Å². The second-order valence-electron chi connectivity index (χ2n) is 6.92. The molecule has 0 radical (unpaired) electrons. The van der Waals surface area contributed by atoms with E-state index in [-0.39, 0.29) is 5.97 Å². The van der Waals surface area contributed by atoms with Gasteiger partial charge in [-0.15, -0.1) is 22.7 Å². The summed E-state index contributed by atoms with van der Waals surface area (Å²) in [7, 11) is 0. The normalized spacial score (nSPS) is 11.1. The first kappa shape index (κ1) is 21.2. The SMILES string of the molecule is Cc1ccc(-c2csc(NCCCC(=O)OCCCn3cnc4c(N)ncnc43)n2)s1. The molecule has 0 aromatic carbocycles. The molecule has 0 atom stereocenters. The van der Waals surface area contributed by atoms with Crippen molar-refractivity contribution in [1.82, 2.24) is 24.5 Å². The molecule has 4 heterocycles. The van der Waals surface area contributed by atoms with Crippen LogP contribution in [-0.4, -0.2) is 43.6 Å². The second kappa shape index (κ2) is 9.84. The Bertz CT molecular complexity index is 1170. The number of aryl methyl sites for hydroxylation is 2. The number of nitrogens with zero attached hydrogens (tertiary/aromatic N) is 5. The van der Waals surface area contributed by atoms with Gasteiger partial charge in [-0.1, -0.05) is 0 Å². The molecule has 31 heavy (non-hydrogen) atoms. The Hall–Kier alpha value is -3.05. The molecule has 0 aliphatic heterocycles. The highest BCUT2D eigenvalue weighted by Crippen LogP contribution is 2.30. The molecule has 4 rings (SSSR count). The fraction of sp³-hybridized carbons (Fsp3) is 0.350. The van der Waals surface area contributed by atoms with Gasteiger partial charge in [0.25, 0.3) is 0 Å². The van der Waals surface area contributed by atoms with E-state index in [0.717, 1.165) is 10.8 Å². The summed E-state index contributed by atoms with van der Waals surface area (Å²) in [6.07, 6.45) is 4.82. The lowest BCUT2D eigenvalue weighted by Gasteiger charge is -2.06. The summed E-state index contributed by atoms with van der Waals surface area (Å²) >= 11 is 3.31. The monoisotopic (exact) mass is 457 g/mol. The number of carbonyl (C=O) groups is 1. The minimum Gasteiger partial charge on any atom is -0.466 e. The quantitative estimate of drug-likeness (QED) is 0.273. The van der Waals surface area contributed by atoms with E-state index in [1.54, 1.807) is 29.0 Å². The number of carbonyl (C=O) groups excluding carboxylic acids is 1. The topological polar surface area (TPSA) is 121 Å². The van der Waals surface area contributed by atoms with E-state index >= 15 is 0 Å². The van der Waals surface area contributed by atoms with E-state index in [0.29, 0.717) is 55.9 Å². The third-order valence-electron chi connectivity index (χ3n) is 4.57. The minimum absolute atomic E-state index is 0.197. The van der Waals surface area contributed by atoms with Crippen LogP contribution in [0.4, 0.5) is 10.9 Å². The summed E-state index contributed by atoms with van der Waals surface area (Å²) in [5, 5.41) is 6.19. The van der Waals surface area contributed by atoms with Crippen molar-refractivity contribution in [2.75, 3.05) is 24.2 Å². The number of nitrogens with one attached hydrogen (secondary N) is 1. The van der Waals surface area contributed by atoms with Crippen LogP contribution in [0, 0.1) is 6.92 Å². The zero-order valence-corrected chi connectivity index (χ0v) is 18.7. The Balaban J connectivity index is 1.12. The zero-order chi connectivity index (χ0) is 21.6. The van der Waals surface area contributed by atoms with Gasteiger partial charge in [0.2, 0.25) is 0 Å². The van der Waals surface area contributed by atoms with Crippen molar-refractivity contribution in [3.63, 3.8) is 0 Å². The number of ether oxygens (including phenoxy) is 1. The average molecular weight is 458 g/mol. The minimum atomic E-state index is -0.197. The smallest absolute Gasteiger partial charge is 0.305 e. The van der Waals surface area contributed by atoms with Crippen molar-refractivity contribution in [3.05, 3.63) is 35.0 Å². The molecule has 3 N–H and O–H groups in total. The lowest BCUT2D eigenvalue weighted by atomic mass is 10.3. The van der Waals surface area contributed by atoms with Crippen LogP contribution >= 0.6 is 22.7 Å². The number of imidazole rings is 1. The molecule has 0 aliphatic carbocycles. The molecule has 0 saturated carbocycles. The Morgan fingerprint density at radius 3 is 3.00 bits per heavy atom. The number of hydrogen-bond donors (Lipinski definition) is 2. The van der Waals surface area contributed by atoms with Crippen LogP contribution in [0.15, 0.2) is 30.2 Å². The van der Waals surface area contributed by atoms with Gasteiger partial charge in [-0.2, -0.15) is 0 Å². The first-order valence-corrected chi connectivity index (χ1v) is 11.6. The molecule has 162 valence electrons. The lowest BCUT2D eigenvalue weighted by molar-refractivity contribution is -0.143. The molecule has 0 spiro atoms. The van der Waals surface area contributed by atoms with Crippen molar-refractivity contribution in [1.29, 1.82) is 0 Å². The molecule has 9 nitrogen and oxygen atoms in total. The van der Waals surface area contributed by atoms with Gasteiger partial charge in [-0.3, -0.25) is 4.79 Å². The van der Waals surface area contributed by atoms with Crippen LogP contribution < -0.4 is 11.1 Å². The van der Waals surface area contributed by atoms with Gasteiger partial charge < -0.3 is 20.4 Å². The molecule has 0 bridgehead atoms. The number of nitrogen functional groups attached to an aromatic ring is 1. The number of thiazole rings is 1. The van der Waals surface area contributed by atoms with E-state index in [2.05, 4.69) is 44.3 Å². The predicted molar refractivity (Wildman–Crippen MR) is 123 cm³/mol. The maximum Gasteiger partial charge on any atom is 0.305 e. The maximum absolute atomic E-state index is 11.9. The molecule has 4 aromatic rings. The molecular weight excluding hydrogens is 434 g/mol. The van der Waals surface area contributed by atoms with E-state index in [4.69, 9.17) is 10.5 Å². The Labute approximate surface area is 187 Å². The number of aromatic nitrogens is 5. The van der Waals surface area contributed by atoms with Crippen LogP contribution in [0.25, 0.3) is 21.7 Å². The molecular formula is C20H23N7O2S2. The fourth-order valence-electron chi connectivity index (χ4n) is 3.02. The van der Waals surface area contributed by atoms with E-state index < -0.39 is 0 Å². The van der Waals surface area contributed by atoms with Gasteiger partial charge in [-0.25, -0.2) is 19.9 Å². The number of hydrogen-bond acceptors (Lipinski definition) is 10. The number of thiophene rings is 1. The highest BCUT2D eigenvalue weighted by molar-refractivity contribution is 7.16. The molecule has 0 unspecified atom stereocenters. The van der Waals surface area contributed by atoms with Crippen molar-refractivity contribution in [2.24, 2.45) is 0 Å². The van der Waals surface area contributed by atoms with Gasteiger partial charge in [0, 0.05) is 29.8 Å².